The number of benzene rings is 2. The van der Waals surface area contributed by atoms with Gasteiger partial charge in [0.1, 0.15) is 11.5 Å². The van der Waals surface area contributed by atoms with Crippen LogP contribution in [0.15, 0.2) is 42.5 Å². The average Bonchev–Trinajstić information content (AvgIpc) is 3.92. The second kappa shape index (κ2) is 16.5. The molecule has 54 heavy (non-hydrogen) atoms. The number of hydrogen-bond acceptors (Lipinski definition) is 7. The molecule has 0 saturated carbocycles. The quantitative estimate of drug-likeness (QED) is 0.0935. The molecule has 1 aliphatic heterocycles. The van der Waals surface area contributed by atoms with Gasteiger partial charge in [0.05, 0.1) is 44.3 Å². The van der Waals surface area contributed by atoms with Crippen LogP contribution in [0.25, 0.3) is 29.9 Å². The van der Waals surface area contributed by atoms with Crippen molar-refractivity contribution in [3.63, 3.8) is 0 Å². The maximum Gasteiger partial charge on any atom is 0.267 e. The number of nitrogens with zero attached hydrogens (tertiary/aromatic N) is 1. The predicted molar refractivity (Wildman–Crippen MR) is 233 cm³/mol. The number of imide groups is 1. The van der Waals surface area contributed by atoms with Gasteiger partial charge in [0.2, 0.25) is 0 Å². The molecular formula is C46H59NO4S3. The largest absolute Gasteiger partial charge is 0.491 e. The number of amides is 2. The van der Waals surface area contributed by atoms with Crippen molar-refractivity contribution in [3.05, 3.63) is 63.3 Å². The highest BCUT2D eigenvalue weighted by Gasteiger charge is 2.45. The molecule has 6 rings (SSSR count). The Kier molecular flexibility index (Phi) is 12.4. The van der Waals surface area contributed by atoms with Gasteiger partial charge in [-0.2, -0.15) is 0 Å². The van der Waals surface area contributed by atoms with E-state index < -0.39 is 0 Å². The number of carbonyl (C=O) groups is 2. The lowest BCUT2D eigenvalue weighted by molar-refractivity contribution is 0.0925. The summed E-state index contributed by atoms with van der Waals surface area (Å²) in [6.07, 6.45) is 9.17. The van der Waals surface area contributed by atoms with E-state index >= 15 is 0 Å². The van der Waals surface area contributed by atoms with E-state index in [9.17, 15) is 9.59 Å². The van der Waals surface area contributed by atoms with Crippen LogP contribution in [-0.2, 0) is 10.8 Å². The maximum absolute atomic E-state index is 14.4. The molecule has 0 saturated heterocycles. The molecule has 5 nitrogen and oxygen atoms in total. The summed E-state index contributed by atoms with van der Waals surface area (Å²) in [5.74, 6) is 2.28. The second-order valence-corrected chi connectivity index (χ2v) is 20.2. The Labute approximate surface area is 335 Å². The molecule has 2 amide bonds. The third-order valence-electron chi connectivity index (χ3n) is 10.8. The normalized spacial score (nSPS) is 14.7. The van der Waals surface area contributed by atoms with Crippen molar-refractivity contribution in [3.8, 4) is 21.3 Å². The monoisotopic (exact) mass is 785 g/mol. The molecule has 2 atom stereocenters. The number of thiophene rings is 3. The fourth-order valence-electron chi connectivity index (χ4n) is 7.34. The van der Waals surface area contributed by atoms with E-state index in [4.69, 9.17) is 9.47 Å². The summed E-state index contributed by atoms with van der Waals surface area (Å²) in [5.41, 5.74) is 1.29. The summed E-state index contributed by atoms with van der Waals surface area (Å²) < 4.78 is 16.2. The fourth-order valence-corrected chi connectivity index (χ4v) is 11.2. The number of rotatable bonds is 16. The first-order chi connectivity index (χ1) is 25.7. The summed E-state index contributed by atoms with van der Waals surface area (Å²) in [7, 11) is 0. The van der Waals surface area contributed by atoms with Crippen molar-refractivity contribution in [1.29, 1.82) is 0 Å². The van der Waals surface area contributed by atoms with E-state index in [1.54, 1.807) is 22.7 Å². The minimum Gasteiger partial charge on any atom is -0.491 e. The predicted octanol–water partition coefficient (Wildman–Crippen LogP) is 14.4. The third kappa shape index (κ3) is 7.90. The van der Waals surface area contributed by atoms with E-state index in [0.717, 1.165) is 72.0 Å². The lowest BCUT2D eigenvalue weighted by Crippen LogP contribution is -2.30. The minimum absolute atomic E-state index is 0.0324. The van der Waals surface area contributed by atoms with Crippen LogP contribution in [0.3, 0.4) is 0 Å². The number of para-hydroxylation sites is 1. The van der Waals surface area contributed by atoms with Crippen LogP contribution >= 0.6 is 34.0 Å². The van der Waals surface area contributed by atoms with Gasteiger partial charge in [0, 0.05) is 25.4 Å². The van der Waals surface area contributed by atoms with Crippen LogP contribution in [0.5, 0.6) is 11.5 Å². The van der Waals surface area contributed by atoms with Gasteiger partial charge >= 0.3 is 0 Å². The molecule has 1 aliphatic rings. The van der Waals surface area contributed by atoms with Crippen molar-refractivity contribution in [2.45, 2.75) is 131 Å². The smallest absolute Gasteiger partial charge is 0.267 e. The lowest BCUT2D eigenvalue weighted by Gasteiger charge is -2.19. The highest BCUT2D eigenvalue weighted by Crippen LogP contribution is 2.55. The first-order valence-corrected chi connectivity index (χ1v) is 22.6. The Morgan fingerprint density at radius 2 is 1.20 bits per heavy atom. The van der Waals surface area contributed by atoms with Gasteiger partial charge in [-0.15, -0.1) is 34.0 Å². The fraction of sp³-hybridized carbons (Fsp3) is 0.522. The SMILES string of the molecule is CCCCC(CC)COc1c2cc(C(C)(C)C)sc2c(OCC(CC)CCCC)c2cc(-c3sc(C(C)(C)C)c4c3C(=O)N(c3ccccc3)C4=O)sc12. The van der Waals surface area contributed by atoms with Gasteiger partial charge in [0.25, 0.3) is 11.8 Å². The molecule has 0 spiro atoms. The molecule has 5 aromatic rings. The molecule has 0 N–H and O–H groups in total. The zero-order chi connectivity index (χ0) is 38.9. The van der Waals surface area contributed by atoms with Gasteiger partial charge in [-0.3, -0.25) is 9.59 Å². The van der Waals surface area contributed by atoms with Crippen LogP contribution in [0.2, 0.25) is 0 Å². The van der Waals surface area contributed by atoms with Gasteiger partial charge in [0.15, 0.2) is 0 Å². The van der Waals surface area contributed by atoms with Crippen LogP contribution in [0.4, 0.5) is 5.69 Å². The van der Waals surface area contributed by atoms with E-state index in [1.165, 1.54) is 35.5 Å². The highest BCUT2D eigenvalue weighted by atomic mass is 32.1. The van der Waals surface area contributed by atoms with Gasteiger partial charge < -0.3 is 9.47 Å². The molecule has 0 radical (unpaired) electrons. The first kappa shape index (κ1) is 40.5. The van der Waals surface area contributed by atoms with E-state index in [2.05, 4.69) is 81.4 Å². The Bertz CT molecular complexity index is 2030. The average molecular weight is 786 g/mol. The van der Waals surface area contributed by atoms with Crippen molar-refractivity contribution in [1.82, 2.24) is 0 Å². The molecule has 0 bridgehead atoms. The van der Waals surface area contributed by atoms with Crippen molar-refractivity contribution < 1.29 is 19.1 Å². The zero-order valence-corrected chi connectivity index (χ0v) is 36.5. The molecule has 8 heteroatoms. The highest BCUT2D eigenvalue weighted by molar-refractivity contribution is 7.27. The number of hydrogen-bond donors (Lipinski definition) is 0. The van der Waals surface area contributed by atoms with E-state index in [0.29, 0.717) is 41.9 Å². The maximum atomic E-state index is 14.4. The third-order valence-corrected chi connectivity index (χ3v) is 15.3. The lowest BCUT2D eigenvalue weighted by atomic mass is 9.90. The summed E-state index contributed by atoms with van der Waals surface area (Å²) in [4.78, 5) is 34.1. The first-order valence-electron chi connectivity index (χ1n) is 20.1. The summed E-state index contributed by atoms with van der Waals surface area (Å²) >= 11 is 5.08. The number of unbranched alkanes of at least 4 members (excludes halogenated alkanes) is 2. The van der Waals surface area contributed by atoms with E-state index in [1.807, 2.05) is 41.7 Å². The Morgan fingerprint density at radius 3 is 1.72 bits per heavy atom. The molecule has 4 heterocycles. The summed E-state index contributed by atoms with van der Waals surface area (Å²) in [6, 6.07) is 13.9. The summed E-state index contributed by atoms with van der Waals surface area (Å²) in [5, 5.41) is 2.14. The van der Waals surface area contributed by atoms with Crippen LogP contribution in [0, 0.1) is 11.8 Å². The second-order valence-electron chi connectivity index (χ2n) is 17.1. The molecule has 0 fully saturated rings. The number of fused-ring (bicyclic) bond motifs is 3. The van der Waals surface area contributed by atoms with Crippen molar-refractivity contribution >= 4 is 71.7 Å². The molecule has 290 valence electrons. The molecular weight excluding hydrogens is 727 g/mol. The summed E-state index contributed by atoms with van der Waals surface area (Å²) in [6.45, 7) is 23.5. The van der Waals surface area contributed by atoms with Crippen LogP contribution < -0.4 is 14.4 Å². The Balaban J connectivity index is 1.58. The van der Waals surface area contributed by atoms with Crippen molar-refractivity contribution in [2.24, 2.45) is 11.8 Å². The molecule has 0 aliphatic carbocycles. The topological polar surface area (TPSA) is 55.8 Å². The number of ether oxygens (including phenoxy) is 2. The van der Waals surface area contributed by atoms with E-state index in [-0.39, 0.29) is 22.6 Å². The van der Waals surface area contributed by atoms with Gasteiger partial charge in [-0.25, -0.2) is 4.90 Å². The molecule has 2 unspecified atom stereocenters. The van der Waals surface area contributed by atoms with Gasteiger partial charge in [-0.1, -0.05) is 126 Å². The Morgan fingerprint density at radius 1 is 0.667 bits per heavy atom. The molecule has 3 aromatic heterocycles. The standard InChI is InChI=1S/C46H59NO4S3/c1-11-15-20-28(13-3)26-50-37-31-24-33(41-35-36(42(54-41)46(8,9)10)44(49)47(43(35)48)30-22-18-17-19-23-30)52-39(31)38(51-27-29(14-4)21-16-12-2)32-25-34(45(5,6)7)53-40(32)37/h17-19,22-25,28-29H,11-16,20-21,26-27H2,1-10H3. The zero-order valence-electron chi connectivity index (χ0n) is 34.1. The molecule has 2 aromatic carbocycles. The van der Waals surface area contributed by atoms with Crippen molar-refractivity contribution in [2.75, 3.05) is 18.1 Å². The van der Waals surface area contributed by atoms with Crippen LogP contribution in [0.1, 0.15) is 151 Å². The minimum atomic E-state index is -0.331. The number of carbonyl (C=O) groups excluding carboxylic acids is 2. The van der Waals surface area contributed by atoms with Crippen LogP contribution in [-0.4, -0.2) is 25.0 Å². The van der Waals surface area contributed by atoms with Gasteiger partial charge in [-0.05, 0) is 59.8 Å². The number of anilines is 1. The Hall–Kier alpha value is -3.20.